The normalized spacial score (nSPS) is 18.3. The van der Waals surface area contributed by atoms with Gasteiger partial charge in [-0.15, -0.1) is 0 Å². The fraction of sp³-hybridized carbons (Fsp3) is 0.579. The lowest BCUT2D eigenvalue weighted by atomic mass is 10.1. The second kappa shape index (κ2) is 7.79. The van der Waals surface area contributed by atoms with E-state index in [1.165, 1.54) is 11.9 Å². The van der Waals surface area contributed by atoms with Crippen LogP contribution in [-0.4, -0.2) is 58.5 Å². The number of aromatic nitrogens is 2. The second-order valence-corrected chi connectivity index (χ2v) is 6.91. The monoisotopic (exact) mass is 328 g/mol. The number of carbonyl (C=O) groups excluding carboxylic acids is 1. The lowest BCUT2D eigenvalue weighted by molar-refractivity contribution is -0.133. The number of likely N-dealkylation sites (N-methyl/N-ethyl adjacent to an activating group) is 1. The number of carbonyl (C=O) groups is 1. The van der Waals surface area contributed by atoms with Crippen LogP contribution in [0.4, 0.5) is 0 Å². The summed E-state index contributed by atoms with van der Waals surface area (Å²) in [4.78, 5) is 20.7. The SMILES string of the molecule is CN(C)C(=O)C1CCCN1CCCCCn1cnc2ccccc21. The Morgan fingerprint density at radius 1 is 1.21 bits per heavy atom. The van der Waals surface area contributed by atoms with Crippen LogP contribution in [0.2, 0.25) is 0 Å². The van der Waals surface area contributed by atoms with Crippen LogP contribution in [-0.2, 0) is 11.3 Å². The molecule has 3 rings (SSSR count). The molecule has 5 heteroatoms. The van der Waals surface area contributed by atoms with Crippen molar-refractivity contribution in [2.75, 3.05) is 27.2 Å². The zero-order chi connectivity index (χ0) is 16.9. The second-order valence-electron chi connectivity index (χ2n) is 6.91. The Labute approximate surface area is 144 Å². The number of nitrogens with zero attached hydrogens (tertiary/aromatic N) is 4. The standard InChI is InChI=1S/C19H28N4O/c1-21(2)19(24)18-11-8-14-22(18)12-6-3-7-13-23-15-20-16-9-4-5-10-17(16)23/h4-5,9-10,15,18H,3,6-8,11-14H2,1-2H3. The van der Waals surface area contributed by atoms with E-state index in [0.717, 1.165) is 50.8 Å². The first kappa shape index (κ1) is 17.0. The quantitative estimate of drug-likeness (QED) is 0.734. The van der Waals surface area contributed by atoms with Gasteiger partial charge in [-0.05, 0) is 50.9 Å². The third-order valence-electron chi connectivity index (χ3n) is 4.96. The van der Waals surface area contributed by atoms with Crippen molar-refractivity contribution in [3.05, 3.63) is 30.6 Å². The van der Waals surface area contributed by atoms with E-state index in [2.05, 4.69) is 32.7 Å². The van der Waals surface area contributed by atoms with Gasteiger partial charge < -0.3 is 9.47 Å². The van der Waals surface area contributed by atoms with Crippen molar-refractivity contribution < 1.29 is 4.79 Å². The predicted molar refractivity (Wildman–Crippen MR) is 96.9 cm³/mol. The Hall–Kier alpha value is -1.88. The summed E-state index contributed by atoms with van der Waals surface area (Å²) in [6.07, 6.45) is 7.59. The third-order valence-corrected chi connectivity index (χ3v) is 4.96. The molecule has 24 heavy (non-hydrogen) atoms. The molecule has 1 aromatic carbocycles. The molecule has 1 atom stereocenters. The van der Waals surface area contributed by atoms with Crippen LogP contribution in [0.1, 0.15) is 32.1 Å². The van der Waals surface area contributed by atoms with Gasteiger partial charge in [0.1, 0.15) is 0 Å². The van der Waals surface area contributed by atoms with Crippen LogP contribution in [0.25, 0.3) is 11.0 Å². The smallest absolute Gasteiger partial charge is 0.239 e. The average molecular weight is 328 g/mol. The summed E-state index contributed by atoms with van der Waals surface area (Å²) in [5.74, 6) is 0.261. The van der Waals surface area contributed by atoms with Gasteiger partial charge in [0.2, 0.25) is 5.91 Å². The summed E-state index contributed by atoms with van der Waals surface area (Å²) in [5.41, 5.74) is 2.29. The Morgan fingerprint density at radius 2 is 2.00 bits per heavy atom. The Kier molecular flexibility index (Phi) is 5.51. The van der Waals surface area contributed by atoms with Gasteiger partial charge in [-0.1, -0.05) is 18.6 Å². The molecule has 5 nitrogen and oxygen atoms in total. The van der Waals surface area contributed by atoms with E-state index in [0.29, 0.717) is 0 Å². The van der Waals surface area contributed by atoms with Crippen LogP contribution >= 0.6 is 0 Å². The van der Waals surface area contributed by atoms with Gasteiger partial charge >= 0.3 is 0 Å². The summed E-state index contributed by atoms with van der Waals surface area (Å²) >= 11 is 0. The molecule has 0 saturated carbocycles. The largest absolute Gasteiger partial charge is 0.347 e. The fourth-order valence-corrected chi connectivity index (χ4v) is 3.63. The molecule has 0 bridgehead atoms. The maximum absolute atomic E-state index is 12.2. The number of para-hydroxylation sites is 2. The minimum atomic E-state index is 0.109. The first-order chi connectivity index (χ1) is 11.7. The predicted octanol–water partition coefficient (Wildman–Crippen LogP) is 2.76. The van der Waals surface area contributed by atoms with Gasteiger partial charge in [-0.3, -0.25) is 9.69 Å². The molecule has 1 amide bonds. The van der Waals surface area contributed by atoms with E-state index in [9.17, 15) is 4.79 Å². The number of imidazole rings is 1. The molecule has 0 radical (unpaired) electrons. The fourth-order valence-electron chi connectivity index (χ4n) is 3.63. The number of likely N-dealkylation sites (tertiary alicyclic amines) is 1. The molecule has 2 aromatic rings. The maximum Gasteiger partial charge on any atom is 0.239 e. The van der Waals surface area contributed by atoms with E-state index in [4.69, 9.17) is 0 Å². The Bertz CT molecular complexity index is 679. The molecule has 1 aromatic heterocycles. The van der Waals surface area contributed by atoms with Crippen LogP contribution in [0.3, 0.4) is 0 Å². The first-order valence-electron chi connectivity index (χ1n) is 9.02. The molecule has 130 valence electrons. The molecule has 0 aliphatic carbocycles. The molecule has 1 aliphatic rings. The van der Waals surface area contributed by atoms with Crippen molar-refractivity contribution in [1.29, 1.82) is 0 Å². The van der Waals surface area contributed by atoms with Crippen LogP contribution in [0.15, 0.2) is 30.6 Å². The number of hydrogen-bond acceptors (Lipinski definition) is 3. The number of amides is 1. The van der Waals surface area contributed by atoms with Crippen molar-refractivity contribution in [3.8, 4) is 0 Å². The Morgan fingerprint density at radius 3 is 2.83 bits per heavy atom. The number of aryl methyl sites for hydroxylation is 1. The zero-order valence-corrected chi connectivity index (χ0v) is 14.8. The van der Waals surface area contributed by atoms with E-state index in [1.54, 1.807) is 4.90 Å². The molecule has 2 heterocycles. The van der Waals surface area contributed by atoms with E-state index >= 15 is 0 Å². The molecule has 1 unspecified atom stereocenters. The van der Waals surface area contributed by atoms with Gasteiger partial charge in [0.25, 0.3) is 0 Å². The van der Waals surface area contributed by atoms with Crippen LogP contribution in [0, 0.1) is 0 Å². The van der Waals surface area contributed by atoms with E-state index < -0.39 is 0 Å². The highest BCUT2D eigenvalue weighted by Crippen LogP contribution is 2.20. The van der Waals surface area contributed by atoms with Gasteiger partial charge in [-0.25, -0.2) is 4.98 Å². The number of unbranched alkanes of at least 4 members (excludes halogenated alkanes) is 2. The van der Waals surface area contributed by atoms with Crippen molar-refractivity contribution in [2.24, 2.45) is 0 Å². The summed E-state index contributed by atoms with van der Waals surface area (Å²) in [5, 5.41) is 0. The minimum absolute atomic E-state index is 0.109. The number of fused-ring (bicyclic) bond motifs is 1. The highest BCUT2D eigenvalue weighted by Gasteiger charge is 2.30. The highest BCUT2D eigenvalue weighted by molar-refractivity contribution is 5.81. The van der Waals surface area contributed by atoms with E-state index in [1.807, 2.05) is 26.5 Å². The lowest BCUT2D eigenvalue weighted by Gasteiger charge is -2.26. The van der Waals surface area contributed by atoms with Gasteiger partial charge in [0, 0.05) is 20.6 Å². The van der Waals surface area contributed by atoms with Crippen LogP contribution < -0.4 is 0 Å². The van der Waals surface area contributed by atoms with Crippen molar-refractivity contribution in [3.63, 3.8) is 0 Å². The molecular weight excluding hydrogens is 300 g/mol. The molecule has 1 aliphatic heterocycles. The summed E-state index contributed by atoms with van der Waals surface area (Å²) in [6.45, 7) is 3.12. The number of hydrogen-bond donors (Lipinski definition) is 0. The molecule has 1 saturated heterocycles. The topological polar surface area (TPSA) is 41.4 Å². The lowest BCUT2D eigenvalue weighted by Crippen LogP contribution is -2.42. The maximum atomic E-state index is 12.2. The zero-order valence-electron chi connectivity index (χ0n) is 14.8. The molecule has 0 N–H and O–H groups in total. The van der Waals surface area contributed by atoms with Gasteiger partial charge in [-0.2, -0.15) is 0 Å². The number of rotatable bonds is 7. The van der Waals surface area contributed by atoms with Crippen molar-refractivity contribution in [2.45, 2.75) is 44.7 Å². The third kappa shape index (κ3) is 3.78. The van der Waals surface area contributed by atoms with E-state index in [-0.39, 0.29) is 11.9 Å². The molecule has 1 fully saturated rings. The summed E-state index contributed by atoms with van der Waals surface area (Å²) < 4.78 is 2.24. The first-order valence-corrected chi connectivity index (χ1v) is 9.02. The van der Waals surface area contributed by atoms with Crippen molar-refractivity contribution in [1.82, 2.24) is 19.4 Å². The number of benzene rings is 1. The van der Waals surface area contributed by atoms with Gasteiger partial charge in [0.15, 0.2) is 0 Å². The molecular formula is C19H28N4O. The Balaban J connectivity index is 1.42. The highest BCUT2D eigenvalue weighted by atomic mass is 16.2. The minimum Gasteiger partial charge on any atom is -0.347 e. The summed E-state index contributed by atoms with van der Waals surface area (Å²) in [7, 11) is 3.71. The van der Waals surface area contributed by atoms with Gasteiger partial charge in [0.05, 0.1) is 23.4 Å². The summed E-state index contributed by atoms with van der Waals surface area (Å²) in [6, 6.07) is 8.39. The van der Waals surface area contributed by atoms with Crippen LogP contribution in [0.5, 0.6) is 0 Å². The molecule has 0 spiro atoms. The van der Waals surface area contributed by atoms with Crippen molar-refractivity contribution >= 4 is 16.9 Å². The average Bonchev–Trinajstić information content (AvgIpc) is 3.21.